The van der Waals surface area contributed by atoms with Crippen LogP contribution in [0, 0.1) is 11.6 Å². The van der Waals surface area contributed by atoms with Gasteiger partial charge in [0, 0.05) is 5.54 Å². The van der Waals surface area contributed by atoms with Crippen molar-refractivity contribution in [2.75, 3.05) is 0 Å². The van der Waals surface area contributed by atoms with Gasteiger partial charge in [-0.3, -0.25) is 0 Å². The van der Waals surface area contributed by atoms with Gasteiger partial charge in [0.2, 0.25) is 0 Å². The maximum absolute atomic E-state index is 13.3. The topological polar surface area (TPSA) is 26.0 Å². The summed E-state index contributed by atoms with van der Waals surface area (Å²) in [4.78, 5) is 0. The number of nitrogens with two attached hydrogens (primary N) is 1. The van der Waals surface area contributed by atoms with Crippen LogP contribution in [0.15, 0.2) is 42.5 Å². The van der Waals surface area contributed by atoms with E-state index in [-0.39, 0.29) is 0 Å². The van der Waals surface area contributed by atoms with Gasteiger partial charge in [-0.05, 0) is 54.5 Å². The minimum Gasteiger partial charge on any atom is -0.321 e. The van der Waals surface area contributed by atoms with Gasteiger partial charge < -0.3 is 5.73 Å². The molecule has 1 aliphatic carbocycles. The number of hydrogen-bond acceptors (Lipinski definition) is 1. The standard InChI is InChI=1S/C17H17F2N/c18-15-8-7-12(10-16(15)19)11-17(20)9-3-5-13-4-1-2-6-14(13)17/h1-2,4,6-8,10H,3,5,9,11,20H2. The van der Waals surface area contributed by atoms with Crippen LogP contribution in [0.1, 0.15) is 29.5 Å². The molecule has 2 N–H and O–H groups in total. The van der Waals surface area contributed by atoms with Crippen molar-refractivity contribution in [1.29, 1.82) is 0 Å². The normalized spacial score (nSPS) is 21.6. The lowest BCUT2D eigenvalue weighted by Crippen LogP contribution is -2.42. The van der Waals surface area contributed by atoms with E-state index in [1.165, 1.54) is 17.7 Å². The molecule has 3 heteroatoms. The number of rotatable bonds is 2. The van der Waals surface area contributed by atoms with Crippen LogP contribution in [-0.2, 0) is 18.4 Å². The lowest BCUT2D eigenvalue weighted by molar-refractivity contribution is 0.368. The molecule has 20 heavy (non-hydrogen) atoms. The Balaban J connectivity index is 1.95. The highest BCUT2D eigenvalue weighted by atomic mass is 19.2. The molecule has 0 radical (unpaired) electrons. The molecule has 0 spiro atoms. The molecule has 0 saturated heterocycles. The Morgan fingerprint density at radius 3 is 2.65 bits per heavy atom. The summed E-state index contributed by atoms with van der Waals surface area (Å²) in [7, 11) is 0. The highest BCUT2D eigenvalue weighted by Gasteiger charge is 2.32. The summed E-state index contributed by atoms with van der Waals surface area (Å²) < 4.78 is 26.3. The molecule has 0 bridgehead atoms. The van der Waals surface area contributed by atoms with Gasteiger partial charge in [0.1, 0.15) is 0 Å². The smallest absolute Gasteiger partial charge is 0.159 e. The fraction of sp³-hybridized carbons (Fsp3) is 0.294. The van der Waals surface area contributed by atoms with Crippen molar-refractivity contribution in [2.24, 2.45) is 5.73 Å². The molecule has 0 amide bonds. The van der Waals surface area contributed by atoms with E-state index in [1.54, 1.807) is 6.07 Å². The van der Waals surface area contributed by atoms with E-state index in [0.717, 1.165) is 30.4 Å². The van der Waals surface area contributed by atoms with Crippen molar-refractivity contribution >= 4 is 0 Å². The van der Waals surface area contributed by atoms with E-state index in [1.807, 2.05) is 18.2 Å². The van der Waals surface area contributed by atoms with Crippen LogP contribution >= 0.6 is 0 Å². The van der Waals surface area contributed by atoms with Crippen molar-refractivity contribution in [2.45, 2.75) is 31.2 Å². The third kappa shape index (κ3) is 2.34. The van der Waals surface area contributed by atoms with Gasteiger partial charge in [-0.15, -0.1) is 0 Å². The monoisotopic (exact) mass is 273 g/mol. The Morgan fingerprint density at radius 1 is 1.05 bits per heavy atom. The van der Waals surface area contributed by atoms with Crippen LogP contribution in [0.4, 0.5) is 8.78 Å². The van der Waals surface area contributed by atoms with Crippen LogP contribution in [0.5, 0.6) is 0 Å². The zero-order chi connectivity index (χ0) is 14.2. The van der Waals surface area contributed by atoms with E-state index >= 15 is 0 Å². The number of halogens is 2. The Kier molecular flexibility index (Phi) is 3.30. The number of fused-ring (bicyclic) bond motifs is 1. The number of benzene rings is 2. The summed E-state index contributed by atoms with van der Waals surface area (Å²) in [6.07, 6.45) is 3.45. The molecule has 1 unspecified atom stereocenters. The second-order valence-electron chi connectivity index (χ2n) is 5.59. The van der Waals surface area contributed by atoms with Crippen molar-refractivity contribution in [1.82, 2.24) is 0 Å². The minimum absolute atomic E-state index is 0.487. The molecule has 2 aromatic carbocycles. The van der Waals surface area contributed by atoms with E-state index in [2.05, 4.69) is 6.07 Å². The first-order valence-corrected chi connectivity index (χ1v) is 6.90. The van der Waals surface area contributed by atoms with Crippen molar-refractivity contribution in [3.63, 3.8) is 0 Å². The summed E-state index contributed by atoms with van der Waals surface area (Å²) in [5.41, 5.74) is 9.23. The summed E-state index contributed by atoms with van der Waals surface area (Å²) >= 11 is 0. The van der Waals surface area contributed by atoms with Gasteiger partial charge in [-0.25, -0.2) is 8.78 Å². The molecule has 104 valence electrons. The maximum atomic E-state index is 13.3. The molecule has 0 aromatic heterocycles. The first-order valence-electron chi connectivity index (χ1n) is 6.90. The van der Waals surface area contributed by atoms with E-state index in [4.69, 9.17) is 5.73 Å². The summed E-state index contributed by atoms with van der Waals surface area (Å²) in [6.45, 7) is 0. The second kappa shape index (κ2) is 4.98. The summed E-state index contributed by atoms with van der Waals surface area (Å²) in [5, 5.41) is 0. The summed E-state index contributed by atoms with van der Waals surface area (Å²) in [5.74, 6) is -1.63. The van der Waals surface area contributed by atoms with Crippen LogP contribution in [0.25, 0.3) is 0 Å². The molecule has 1 nitrogen and oxygen atoms in total. The van der Waals surface area contributed by atoms with Gasteiger partial charge in [0.15, 0.2) is 11.6 Å². The predicted molar refractivity (Wildman–Crippen MR) is 75.3 cm³/mol. The lowest BCUT2D eigenvalue weighted by atomic mass is 9.74. The third-order valence-corrected chi connectivity index (χ3v) is 4.13. The maximum Gasteiger partial charge on any atom is 0.159 e. The number of aryl methyl sites for hydroxylation is 1. The Bertz CT molecular complexity index is 639. The summed E-state index contributed by atoms with van der Waals surface area (Å²) in [6, 6.07) is 12.2. The van der Waals surface area contributed by atoms with Gasteiger partial charge in [0.05, 0.1) is 0 Å². The SMILES string of the molecule is NC1(Cc2ccc(F)c(F)c2)CCCc2ccccc21. The highest BCUT2D eigenvalue weighted by Crippen LogP contribution is 2.35. The van der Waals surface area contributed by atoms with Gasteiger partial charge in [-0.1, -0.05) is 30.3 Å². The van der Waals surface area contributed by atoms with Crippen LogP contribution in [0.2, 0.25) is 0 Å². The van der Waals surface area contributed by atoms with Crippen molar-refractivity contribution < 1.29 is 8.78 Å². The van der Waals surface area contributed by atoms with E-state index in [9.17, 15) is 8.78 Å². The number of hydrogen-bond donors (Lipinski definition) is 1. The minimum atomic E-state index is -0.816. The van der Waals surface area contributed by atoms with Crippen LogP contribution < -0.4 is 5.73 Å². The van der Waals surface area contributed by atoms with E-state index < -0.39 is 17.2 Å². The fourth-order valence-corrected chi connectivity index (χ4v) is 3.15. The first-order chi connectivity index (χ1) is 9.58. The Hall–Kier alpha value is -1.74. The molecular weight excluding hydrogens is 256 g/mol. The van der Waals surface area contributed by atoms with Gasteiger partial charge in [-0.2, -0.15) is 0 Å². The molecule has 0 fully saturated rings. The largest absolute Gasteiger partial charge is 0.321 e. The van der Waals surface area contributed by atoms with Crippen LogP contribution in [0.3, 0.4) is 0 Å². The molecule has 2 aromatic rings. The zero-order valence-corrected chi connectivity index (χ0v) is 11.2. The molecule has 1 atom stereocenters. The molecular formula is C17H17F2N. The fourth-order valence-electron chi connectivity index (χ4n) is 3.15. The molecule has 0 aliphatic heterocycles. The second-order valence-corrected chi connectivity index (χ2v) is 5.59. The van der Waals surface area contributed by atoms with Gasteiger partial charge >= 0.3 is 0 Å². The Labute approximate surface area is 117 Å². The Morgan fingerprint density at radius 2 is 1.85 bits per heavy atom. The lowest BCUT2D eigenvalue weighted by Gasteiger charge is -2.36. The van der Waals surface area contributed by atoms with Crippen molar-refractivity contribution in [3.8, 4) is 0 Å². The predicted octanol–water partition coefficient (Wildman–Crippen LogP) is 3.70. The van der Waals surface area contributed by atoms with E-state index in [0.29, 0.717) is 6.42 Å². The zero-order valence-electron chi connectivity index (χ0n) is 11.2. The van der Waals surface area contributed by atoms with Gasteiger partial charge in [0.25, 0.3) is 0 Å². The highest BCUT2D eigenvalue weighted by molar-refractivity contribution is 5.37. The third-order valence-electron chi connectivity index (χ3n) is 4.13. The quantitative estimate of drug-likeness (QED) is 0.887. The average Bonchev–Trinajstić information content (AvgIpc) is 2.43. The molecule has 1 aliphatic rings. The molecule has 0 saturated carbocycles. The average molecular weight is 273 g/mol. The van der Waals surface area contributed by atoms with Crippen LogP contribution in [-0.4, -0.2) is 0 Å². The molecule has 3 rings (SSSR count). The first kappa shape index (κ1) is 13.3. The van der Waals surface area contributed by atoms with Crippen molar-refractivity contribution in [3.05, 3.63) is 70.8 Å². The molecule has 0 heterocycles.